The predicted molar refractivity (Wildman–Crippen MR) is 85.2 cm³/mol. The minimum atomic E-state index is -0.395. The zero-order valence-electron chi connectivity index (χ0n) is 11.8. The van der Waals surface area contributed by atoms with E-state index in [1.807, 2.05) is 18.2 Å². The number of nitrogens with zero attached hydrogens (tertiary/aromatic N) is 4. The Morgan fingerprint density at radius 1 is 1.18 bits per heavy atom. The summed E-state index contributed by atoms with van der Waals surface area (Å²) in [5, 5.41) is 0. The molecular weight excluding hydrogens is 302 g/mol. The van der Waals surface area contributed by atoms with E-state index in [1.165, 1.54) is 11.6 Å². The van der Waals surface area contributed by atoms with Gasteiger partial charge in [-0.2, -0.15) is 0 Å². The van der Waals surface area contributed by atoms with Crippen LogP contribution < -0.4 is 11.2 Å². The van der Waals surface area contributed by atoms with Crippen LogP contribution in [-0.4, -0.2) is 24.1 Å². The number of H-pyrrole nitrogens is 1. The molecule has 0 unspecified atom stereocenters. The number of benzene rings is 1. The number of aryl methyl sites for hydroxylation is 1. The van der Waals surface area contributed by atoms with Crippen molar-refractivity contribution in [3.05, 3.63) is 44.5 Å². The zero-order chi connectivity index (χ0) is 15.4. The topological polar surface area (TPSA) is 85.6 Å². The number of aromatic nitrogens is 5. The van der Waals surface area contributed by atoms with E-state index < -0.39 is 5.69 Å². The monoisotopic (exact) mass is 313 g/mol. The van der Waals surface area contributed by atoms with Crippen LogP contribution in [0.3, 0.4) is 0 Å². The third-order valence-electron chi connectivity index (χ3n) is 3.70. The number of aromatic amines is 1. The highest BCUT2D eigenvalue weighted by Crippen LogP contribution is 2.25. The first-order valence-electron chi connectivity index (χ1n) is 6.55. The van der Waals surface area contributed by atoms with Crippen LogP contribution in [0.25, 0.3) is 32.8 Å². The van der Waals surface area contributed by atoms with E-state index in [0.29, 0.717) is 17.0 Å². The van der Waals surface area contributed by atoms with Gasteiger partial charge in [-0.25, -0.2) is 14.8 Å². The smallest absolute Gasteiger partial charge is 0.332 e. The molecular formula is C14H11N5O2S. The van der Waals surface area contributed by atoms with Gasteiger partial charge in [0, 0.05) is 19.7 Å². The summed E-state index contributed by atoms with van der Waals surface area (Å²) < 4.78 is 3.47. The number of hydrogen-bond acceptors (Lipinski definition) is 5. The van der Waals surface area contributed by atoms with Gasteiger partial charge in [0.1, 0.15) is 11.3 Å². The van der Waals surface area contributed by atoms with Gasteiger partial charge in [0.2, 0.25) is 0 Å². The average molecular weight is 313 g/mol. The van der Waals surface area contributed by atoms with Crippen molar-refractivity contribution in [2.45, 2.75) is 0 Å². The second-order valence-electron chi connectivity index (χ2n) is 5.02. The summed E-state index contributed by atoms with van der Waals surface area (Å²) in [4.78, 5) is 35.8. The van der Waals surface area contributed by atoms with Gasteiger partial charge in [0.15, 0.2) is 5.65 Å². The molecule has 22 heavy (non-hydrogen) atoms. The molecule has 0 aliphatic heterocycles. The van der Waals surface area contributed by atoms with Gasteiger partial charge in [-0.15, -0.1) is 11.3 Å². The molecule has 0 spiro atoms. The molecule has 3 aromatic heterocycles. The Bertz CT molecular complexity index is 1150. The molecule has 0 fully saturated rings. The van der Waals surface area contributed by atoms with Gasteiger partial charge in [0.05, 0.1) is 15.7 Å². The van der Waals surface area contributed by atoms with E-state index in [9.17, 15) is 9.59 Å². The van der Waals surface area contributed by atoms with Crippen LogP contribution in [0.1, 0.15) is 0 Å². The molecule has 0 aliphatic rings. The first-order chi connectivity index (χ1) is 10.6. The van der Waals surface area contributed by atoms with Gasteiger partial charge in [-0.1, -0.05) is 0 Å². The van der Waals surface area contributed by atoms with E-state index in [0.717, 1.165) is 20.3 Å². The quantitative estimate of drug-likeness (QED) is 0.573. The lowest BCUT2D eigenvalue weighted by molar-refractivity contribution is 0.709. The molecule has 0 bridgehead atoms. The van der Waals surface area contributed by atoms with Crippen LogP contribution in [0.5, 0.6) is 0 Å². The van der Waals surface area contributed by atoms with Crippen molar-refractivity contribution in [3.63, 3.8) is 0 Å². The van der Waals surface area contributed by atoms with Gasteiger partial charge >= 0.3 is 5.69 Å². The van der Waals surface area contributed by atoms with E-state index in [2.05, 4.69) is 15.0 Å². The number of thiazole rings is 1. The second-order valence-corrected chi connectivity index (χ2v) is 5.91. The largest absolute Gasteiger partial charge is 0.332 e. The van der Waals surface area contributed by atoms with Crippen LogP contribution in [0, 0.1) is 0 Å². The van der Waals surface area contributed by atoms with Crippen molar-refractivity contribution >= 4 is 32.7 Å². The summed E-state index contributed by atoms with van der Waals surface area (Å²) in [7, 11) is 3.05. The van der Waals surface area contributed by atoms with Gasteiger partial charge in [0.25, 0.3) is 5.56 Å². The van der Waals surface area contributed by atoms with Gasteiger partial charge in [-0.3, -0.25) is 13.9 Å². The summed E-state index contributed by atoms with van der Waals surface area (Å²) in [5.74, 6) is 0.559. The SMILES string of the molecule is Cn1c(=O)c2[nH]c(-c3ccc4ncsc4c3)nc2n(C)c1=O. The molecule has 7 nitrogen and oxygen atoms in total. The maximum absolute atomic E-state index is 12.2. The molecule has 0 amide bonds. The Hall–Kier alpha value is -2.74. The number of fused-ring (bicyclic) bond motifs is 2. The lowest BCUT2D eigenvalue weighted by atomic mass is 10.2. The fraction of sp³-hybridized carbons (Fsp3) is 0.143. The fourth-order valence-electron chi connectivity index (χ4n) is 2.47. The highest BCUT2D eigenvalue weighted by Gasteiger charge is 2.14. The summed E-state index contributed by atoms with van der Waals surface area (Å²) >= 11 is 1.54. The average Bonchev–Trinajstić information content (AvgIpc) is 3.16. The maximum atomic E-state index is 12.2. The lowest BCUT2D eigenvalue weighted by Gasteiger charge is -2.00. The van der Waals surface area contributed by atoms with Crippen molar-refractivity contribution in [2.24, 2.45) is 14.1 Å². The zero-order valence-corrected chi connectivity index (χ0v) is 12.6. The minimum Gasteiger partial charge on any atom is -0.332 e. The molecule has 1 N–H and O–H groups in total. The fourth-order valence-corrected chi connectivity index (χ4v) is 3.18. The summed E-state index contributed by atoms with van der Waals surface area (Å²) in [5.41, 5.74) is 3.46. The van der Waals surface area contributed by atoms with Crippen LogP contribution >= 0.6 is 11.3 Å². The minimum absolute atomic E-state index is 0.323. The number of hydrogen-bond donors (Lipinski definition) is 1. The Kier molecular flexibility index (Phi) is 2.58. The number of nitrogens with one attached hydrogen (secondary N) is 1. The van der Waals surface area contributed by atoms with Crippen molar-refractivity contribution in [1.82, 2.24) is 24.1 Å². The van der Waals surface area contributed by atoms with Crippen LogP contribution in [0.15, 0.2) is 33.3 Å². The normalized spacial score (nSPS) is 11.5. The van der Waals surface area contributed by atoms with Crippen molar-refractivity contribution < 1.29 is 0 Å². The van der Waals surface area contributed by atoms with Crippen LogP contribution in [0.2, 0.25) is 0 Å². The summed E-state index contributed by atoms with van der Waals surface area (Å²) in [6.07, 6.45) is 0. The molecule has 0 saturated heterocycles. The molecule has 0 aliphatic carbocycles. The Morgan fingerprint density at radius 2 is 2.00 bits per heavy atom. The maximum Gasteiger partial charge on any atom is 0.332 e. The Morgan fingerprint density at radius 3 is 2.82 bits per heavy atom. The molecule has 0 saturated carbocycles. The third kappa shape index (κ3) is 1.67. The van der Waals surface area contributed by atoms with Crippen molar-refractivity contribution in [1.29, 1.82) is 0 Å². The molecule has 0 atom stereocenters. The van der Waals surface area contributed by atoms with E-state index in [1.54, 1.807) is 23.9 Å². The van der Waals surface area contributed by atoms with Gasteiger partial charge in [-0.05, 0) is 18.2 Å². The number of imidazole rings is 1. The first-order valence-corrected chi connectivity index (χ1v) is 7.43. The van der Waals surface area contributed by atoms with E-state index >= 15 is 0 Å². The Balaban J connectivity index is 2.04. The molecule has 0 radical (unpaired) electrons. The second kappa shape index (κ2) is 4.38. The van der Waals surface area contributed by atoms with E-state index in [4.69, 9.17) is 0 Å². The first kappa shape index (κ1) is 13.0. The lowest BCUT2D eigenvalue weighted by Crippen LogP contribution is -2.36. The predicted octanol–water partition coefficient (Wildman–Crippen LogP) is 1.24. The highest BCUT2D eigenvalue weighted by molar-refractivity contribution is 7.16. The third-order valence-corrected chi connectivity index (χ3v) is 4.49. The molecule has 4 aromatic rings. The highest BCUT2D eigenvalue weighted by atomic mass is 32.1. The molecule has 4 rings (SSSR count). The number of rotatable bonds is 1. The molecule has 1 aromatic carbocycles. The van der Waals surface area contributed by atoms with Crippen LogP contribution in [-0.2, 0) is 14.1 Å². The van der Waals surface area contributed by atoms with Crippen LogP contribution in [0.4, 0.5) is 0 Å². The molecule has 8 heteroatoms. The molecule has 110 valence electrons. The standard InChI is InChI=1S/C14H11N5O2S/c1-18-12-10(13(20)19(2)14(18)21)16-11(17-12)7-3-4-8-9(5-7)22-6-15-8/h3-6H,1-2H3,(H,16,17). The Labute approximate surface area is 127 Å². The molecule has 3 heterocycles. The van der Waals surface area contributed by atoms with Crippen molar-refractivity contribution in [2.75, 3.05) is 0 Å². The van der Waals surface area contributed by atoms with Crippen molar-refractivity contribution in [3.8, 4) is 11.4 Å². The summed E-state index contributed by atoms with van der Waals surface area (Å²) in [6.45, 7) is 0. The van der Waals surface area contributed by atoms with Gasteiger partial charge < -0.3 is 4.98 Å². The summed E-state index contributed by atoms with van der Waals surface area (Å²) in [6, 6.07) is 5.77. The van der Waals surface area contributed by atoms with E-state index in [-0.39, 0.29) is 5.56 Å².